The van der Waals surface area contributed by atoms with Gasteiger partial charge in [0.25, 0.3) is 0 Å². The van der Waals surface area contributed by atoms with Crippen LogP contribution in [0.5, 0.6) is 0 Å². The third-order valence-corrected chi connectivity index (χ3v) is 6.70. The van der Waals surface area contributed by atoms with Gasteiger partial charge in [0.15, 0.2) is 0 Å². The van der Waals surface area contributed by atoms with Gasteiger partial charge in [-0.2, -0.15) is 0 Å². The van der Waals surface area contributed by atoms with Gasteiger partial charge in [-0.1, -0.05) is 33.6 Å². The van der Waals surface area contributed by atoms with Crippen molar-refractivity contribution < 1.29 is 0 Å². The smallest absolute Gasteiger partial charge is 0.00672 e. The summed E-state index contributed by atoms with van der Waals surface area (Å²) in [4.78, 5) is 0. The van der Waals surface area contributed by atoms with E-state index in [1.54, 1.807) is 0 Å². The predicted octanol–water partition coefficient (Wildman–Crippen LogP) is 3.93. The fourth-order valence-electron chi connectivity index (χ4n) is 4.93. The summed E-state index contributed by atoms with van der Waals surface area (Å²) >= 11 is 0. The Hall–Kier alpha value is -0.0800. The lowest BCUT2D eigenvalue weighted by Gasteiger charge is -2.43. The highest BCUT2D eigenvalue weighted by molar-refractivity contribution is 4.89. The molecular weight excluding hydrogens is 244 g/mol. The van der Waals surface area contributed by atoms with Crippen LogP contribution in [0.2, 0.25) is 0 Å². The fraction of sp³-hybridized carbons (Fsp3) is 1.00. The van der Waals surface area contributed by atoms with Crippen molar-refractivity contribution in [3.63, 3.8) is 0 Å². The molecule has 0 bridgehead atoms. The molecule has 0 saturated heterocycles. The quantitative estimate of drug-likeness (QED) is 0.820. The van der Waals surface area contributed by atoms with Gasteiger partial charge in [-0.25, -0.2) is 0 Å². The van der Waals surface area contributed by atoms with E-state index in [0.717, 1.165) is 29.6 Å². The molecule has 0 aromatic rings. The molecule has 0 aliphatic heterocycles. The molecule has 2 aliphatic rings. The molecule has 0 aromatic heterocycles. The summed E-state index contributed by atoms with van der Waals surface area (Å²) in [6.45, 7) is 7.14. The van der Waals surface area contributed by atoms with Gasteiger partial charge in [-0.05, 0) is 68.1 Å². The van der Waals surface area contributed by atoms with Gasteiger partial charge in [0.05, 0.1) is 0 Å². The van der Waals surface area contributed by atoms with Gasteiger partial charge in [-0.15, -0.1) is 0 Å². The van der Waals surface area contributed by atoms with Crippen LogP contribution < -0.4 is 11.5 Å². The van der Waals surface area contributed by atoms with Crippen molar-refractivity contribution in [2.45, 2.75) is 84.2 Å². The lowest BCUT2D eigenvalue weighted by Crippen LogP contribution is -2.41. The van der Waals surface area contributed by atoms with Crippen LogP contribution in [0.25, 0.3) is 0 Å². The second-order valence-corrected chi connectivity index (χ2v) is 7.67. The highest BCUT2D eigenvalue weighted by atomic mass is 14.7. The van der Waals surface area contributed by atoms with E-state index in [-0.39, 0.29) is 0 Å². The maximum absolute atomic E-state index is 6.28. The molecule has 118 valence electrons. The highest BCUT2D eigenvalue weighted by Crippen LogP contribution is 2.43. The van der Waals surface area contributed by atoms with Crippen LogP contribution in [-0.2, 0) is 0 Å². The zero-order valence-corrected chi connectivity index (χ0v) is 13.9. The van der Waals surface area contributed by atoms with Crippen molar-refractivity contribution >= 4 is 0 Å². The van der Waals surface area contributed by atoms with Crippen LogP contribution in [0.3, 0.4) is 0 Å². The third kappa shape index (κ3) is 3.57. The van der Waals surface area contributed by atoms with Crippen LogP contribution in [0.15, 0.2) is 0 Å². The second-order valence-electron chi connectivity index (χ2n) is 7.67. The van der Waals surface area contributed by atoms with Gasteiger partial charge in [-0.3, -0.25) is 0 Å². The van der Waals surface area contributed by atoms with Crippen molar-refractivity contribution in [1.29, 1.82) is 0 Å². The zero-order chi connectivity index (χ0) is 14.7. The number of hydrogen-bond acceptors (Lipinski definition) is 2. The third-order valence-electron chi connectivity index (χ3n) is 6.70. The first-order chi connectivity index (χ1) is 9.56. The average Bonchev–Trinajstić information content (AvgIpc) is 2.47. The number of nitrogens with two attached hydrogens (primary N) is 2. The van der Waals surface area contributed by atoms with Gasteiger partial charge in [0.2, 0.25) is 0 Å². The summed E-state index contributed by atoms with van der Waals surface area (Å²) in [6.07, 6.45) is 10.5. The monoisotopic (exact) mass is 280 g/mol. The van der Waals surface area contributed by atoms with Crippen molar-refractivity contribution in [2.24, 2.45) is 41.1 Å². The average molecular weight is 280 g/mol. The maximum atomic E-state index is 6.28. The lowest BCUT2D eigenvalue weighted by atomic mass is 9.64. The van der Waals surface area contributed by atoms with Crippen LogP contribution in [0.1, 0.15) is 72.1 Å². The van der Waals surface area contributed by atoms with E-state index in [2.05, 4.69) is 20.8 Å². The van der Waals surface area contributed by atoms with E-state index in [9.17, 15) is 0 Å². The first kappa shape index (κ1) is 16.3. The molecule has 0 heterocycles. The summed E-state index contributed by atoms with van der Waals surface area (Å²) in [6, 6.07) is 0.929. The van der Waals surface area contributed by atoms with Crippen LogP contribution in [-0.4, -0.2) is 12.1 Å². The van der Waals surface area contributed by atoms with Crippen molar-refractivity contribution in [3.05, 3.63) is 0 Å². The largest absolute Gasteiger partial charge is 0.327 e. The SMILES string of the molecule is CCC1CC(C(C)C2CCC(N)C(CC)C2)CCC1N. The summed E-state index contributed by atoms with van der Waals surface area (Å²) in [7, 11) is 0. The van der Waals surface area contributed by atoms with Gasteiger partial charge < -0.3 is 11.5 Å². The Bertz CT molecular complexity index is 263. The molecule has 20 heavy (non-hydrogen) atoms. The predicted molar refractivity (Wildman–Crippen MR) is 87.4 cm³/mol. The van der Waals surface area contributed by atoms with Crippen LogP contribution >= 0.6 is 0 Å². The highest BCUT2D eigenvalue weighted by Gasteiger charge is 2.36. The summed E-state index contributed by atoms with van der Waals surface area (Å²) < 4.78 is 0. The first-order valence-corrected chi connectivity index (χ1v) is 9.07. The Kier molecular flexibility index (Phi) is 5.92. The minimum atomic E-state index is 0.464. The molecule has 0 spiro atoms. The molecule has 2 heteroatoms. The van der Waals surface area contributed by atoms with Gasteiger partial charge in [0, 0.05) is 12.1 Å². The standard InChI is InChI=1S/C18H36N2/c1-4-13-10-15(6-8-17(13)19)12(3)16-7-9-18(20)14(5-2)11-16/h12-18H,4-11,19-20H2,1-3H3. The van der Waals surface area contributed by atoms with Crippen molar-refractivity contribution in [2.75, 3.05) is 0 Å². The topological polar surface area (TPSA) is 52.0 Å². The molecule has 0 amide bonds. The van der Waals surface area contributed by atoms with Gasteiger partial charge in [0.1, 0.15) is 0 Å². The maximum Gasteiger partial charge on any atom is 0.00672 e. The van der Waals surface area contributed by atoms with Crippen molar-refractivity contribution in [3.8, 4) is 0 Å². The molecule has 2 aliphatic carbocycles. The normalized spacial score (nSPS) is 44.2. The van der Waals surface area contributed by atoms with E-state index >= 15 is 0 Å². The van der Waals surface area contributed by atoms with E-state index in [0.29, 0.717) is 12.1 Å². The molecule has 0 aromatic carbocycles. The van der Waals surface area contributed by atoms with Crippen LogP contribution in [0, 0.1) is 29.6 Å². The van der Waals surface area contributed by atoms with E-state index < -0.39 is 0 Å². The lowest BCUT2D eigenvalue weighted by molar-refractivity contribution is 0.0966. The van der Waals surface area contributed by atoms with Crippen molar-refractivity contribution in [1.82, 2.24) is 0 Å². The van der Waals surface area contributed by atoms with Crippen LogP contribution in [0.4, 0.5) is 0 Å². The number of rotatable bonds is 4. The van der Waals surface area contributed by atoms with E-state index in [1.807, 2.05) is 0 Å². The molecule has 4 N–H and O–H groups in total. The Morgan fingerprint density at radius 3 is 1.55 bits per heavy atom. The molecule has 6 atom stereocenters. The molecule has 2 saturated carbocycles. The van der Waals surface area contributed by atoms with E-state index in [4.69, 9.17) is 11.5 Å². The second kappa shape index (κ2) is 7.26. The Morgan fingerprint density at radius 1 is 0.800 bits per heavy atom. The summed E-state index contributed by atoms with van der Waals surface area (Å²) in [5, 5.41) is 0. The van der Waals surface area contributed by atoms with E-state index in [1.165, 1.54) is 51.4 Å². The summed E-state index contributed by atoms with van der Waals surface area (Å²) in [5.74, 6) is 4.24. The van der Waals surface area contributed by atoms with Gasteiger partial charge >= 0.3 is 0 Å². The number of hydrogen-bond donors (Lipinski definition) is 2. The molecule has 0 radical (unpaired) electrons. The molecule has 2 rings (SSSR count). The zero-order valence-electron chi connectivity index (χ0n) is 13.9. The molecular formula is C18H36N2. The Balaban J connectivity index is 1.92. The minimum absolute atomic E-state index is 0.464. The Morgan fingerprint density at radius 2 is 1.20 bits per heavy atom. The fourth-order valence-corrected chi connectivity index (χ4v) is 4.93. The molecule has 2 nitrogen and oxygen atoms in total. The Labute approximate surface area is 126 Å². The molecule has 6 unspecified atom stereocenters. The summed E-state index contributed by atoms with van der Waals surface area (Å²) in [5.41, 5.74) is 12.6. The first-order valence-electron chi connectivity index (χ1n) is 9.07. The molecule has 2 fully saturated rings. The minimum Gasteiger partial charge on any atom is -0.327 e.